The van der Waals surface area contributed by atoms with Crippen molar-refractivity contribution in [1.29, 1.82) is 0 Å². The quantitative estimate of drug-likeness (QED) is 0.420. The van der Waals surface area contributed by atoms with Crippen molar-refractivity contribution in [2.24, 2.45) is 0 Å². The first-order valence-corrected chi connectivity index (χ1v) is 9.59. The number of ketones is 2. The molecule has 0 saturated carbocycles. The molecule has 0 bridgehead atoms. The second kappa shape index (κ2) is 7.93. The second-order valence-corrected chi connectivity index (χ2v) is 7.79. The lowest BCUT2D eigenvalue weighted by Gasteiger charge is -2.29. The van der Waals surface area contributed by atoms with Gasteiger partial charge in [0.2, 0.25) is 11.6 Å². The molecule has 142 valence electrons. The maximum Gasteiger partial charge on any atom is 0.230 e. The zero-order chi connectivity index (χ0) is 20.3. The Labute approximate surface area is 167 Å². The van der Waals surface area contributed by atoms with Gasteiger partial charge in [-0.3, -0.25) is 9.59 Å². The van der Waals surface area contributed by atoms with Crippen LogP contribution in [-0.4, -0.2) is 11.6 Å². The molecule has 0 spiro atoms. The van der Waals surface area contributed by atoms with Gasteiger partial charge in [-0.05, 0) is 56.4 Å². The number of aryl methyl sites for hydroxylation is 3. The molecule has 0 N–H and O–H groups in total. The number of Topliss-reactive ketones (excluding diaryl/α,β-unsaturated/α-hetero) is 2. The summed E-state index contributed by atoms with van der Waals surface area (Å²) < 4.78 is 0. The van der Waals surface area contributed by atoms with Crippen LogP contribution in [-0.2, 0) is 16.6 Å². The molecule has 2 nitrogen and oxygen atoms in total. The maximum absolute atomic E-state index is 13.6. The van der Waals surface area contributed by atoms with E-state index >= 15 is 0 Å². The first kappa shape index (κ1) is 19.8. The number of hydrogen-bond acceptors (Lipinski definition) is 2. The van der Waals surface area contributed by atoms with Gasteiger partial charge in [0.15, 0.2) is 0 Å². The average Bonchev–Trinajstić information content (AvgIpc) is 2.68. The first-order valence-electron chi connectivity index (χ1n) is 9.59. The van der Waals surface area contributed by atoms with Crippen LogP contribution >= 0.6 is 0 Å². The molecule has 1 unspecified atom stereocenters. The molecule has 3 aromatic rings. The van der Waals surface area contributed by atoms with Gasteiger partial charge in [0.25, 0.3) is 0 Å². The highest BCUT2D eigenvalue weighted by molar-refractivity contribution is 6.47. The van der Waals surface area contributed by atoms with Crippen LogP contribution in [0.5, 0.6) is 0 Å². The third kappa shape index (κ3) is 3.82. The van der Waals surface area contributed by atoms with E-state index in [0.29, 0.717) is 12.0 Å². The van der Waals surface area contributed by atoms with E-state index in [1.807, 2.05) is 100 Å². The van der Waals surface area contributed by atoms with Gasteiger partial charge in [-0.2, -0.15) is 0 Å². The Morgan fingerprint density at radius 3 is 1.82 bits per heavy atom. The first-order chi connectivity index (χ1) is 13.3. The summed E-state index contributed by atoms with van der Waals surface area (Å²) in [5.41, 5.74) is 4.30. The van der Waals surface area contributed by atoms with Gasteiger partial charge >= 0.3 is 0 Å². The molecule has 1 atom stereocenters. The Morgan fingerprint density at radius 1 is 0.786 bits per heavy atom. The minimum absolute atomic E-state index is 0.363. The smallest absolute Gasteiger partial charge is 0.230 e. The van der Waals surface area contributed by atoms with Crippen LogP contribution in [0.3, 0.4) is 0 Å². The van der Waals surface area contributed by atoms with E-state index in [9.17, 15) is 9.59 Å². The van der Waals surface area contributed by atoms with Crippen LogP contribution in [0.1, 0.15) is 45.1 Å². The number of rotatable bonds is 6. The normalized spacial score (nSPS) is 13.0. The van der Waals surface area contributed by atoms with E-state index in [0.717, 1.165) is 27.8 Å². The Kier molecular flexibility index (Phi) is 5.60. The van der Waals surface area contributed by atoms with Gasteiger partial charge in [-0.25, -0.2) is 0 Å². The van der Waals surface area contributed by atoms with Crippen LogP contribution < -0.4 is 0 Å². The average molecular weight is 370 g/mol. The van der Waals surface area contributed by atoms with Crippen molar-refractivity contribution in [3.63, 3.8) is 0 Å². The highest BCUT2D eigenvalue weighted by Gasteiger charge is 2.40. The molecule has 0 heterocycles. The summed E-state index contributed by atoms with van der Waals surface area (Å²) in [5, 5.41) is 0. The van der Waals surface area contributed by atoms with Crippen LogP contribution in [0, 0.1) is 20.8 Å². The number of carbonyl (C=O) groups is 2. The predicted molar refractivity (Wildman–Crippen MR) is 114 cm³/mol. The van der Waals surface area contributed by atoms with E-state index in [4.69, 9.17) is 0 Å². The molecule has 3 aromatic carbocycles. The second-order valence-electron chi connectivity index (χ2n) is 7.79. The molecule has 0 aliphatic rings. The summed E-state index contributed by atoms with van der Waals surface area (Å²) in [7, 11) is 0. The van der Waals surface area contributed by atoms with Gasteiger partial charge in [0.05, 0.1) is 5.41 Å². The van der Waals surface area contributed by atoms with Crippen molar-refractivity contribution >= 4 is 11.6 Å². The zero-order valence-electron chi connectivity index (χ0n) is 17.0. The zero-order valence-corrected chi connectivity index (χ0v) is 17.0. The van der Waals surface area contributed by atoms with Crippen molar-refractivity contribution < 1.29 is 9.59 Å². The summed E-state index contributed by atoms with van der Waals surface area (Å²) in [6.45, 7) is 7.68. The van der Waals surface area contributed by atoms with Crippen molar-refractivity contribution in [2.45, 2.75) is 39.5 Å². The van der Waals surface area contributed by atoms with E-state index in [2.05, 4.69) is 0 Å². The van der Waals surface area contributed by atoms with Crippen LogP contribution in [0.2, 0.25) is 0 Å². The van der Waals surface area contributed by atoms with E-state index < -0.39 is 11.2 Å². The molecule has 0 amide bonds. The van der Waals surface area contributed by atoms with Crippen molar-refractivity contribution in [1.82, 2.24) is 0 Å². The highest BCUT2D eigenvalue weighted by Crippen LogP contribution is 2.32. The SMILES string of the molecule is Cc1cc(C)c(C(=O)C(=O)C(C)(Cc2ccccc2)c2ccccc2)c(C)c1. The van der Waals surface area contributed by atoms with Crippen molar-refractivity contribution in [3.8, 4) is 0 Å². The lowest BCUT2D eigenvalue weighted by Crippen LogP contribution is -2.40. The van der Waals surface area contributed by atoms with Gasteiger partial charge in [-0.15, -0.1) is 0 Å². The van der Waals surface area contributed by atoms with Crippen LogP contribution in [0.25, 0.3) is 0 Å². The standard InChI is InChI=1S/C26H26O2/c1-18-15-19(2)23(20(3)16-18)24(27)25(28)26(4,22-13-9-6-10-14-22)17-21-11-7-5-8-12-21/h5-16H,17H2,1-4H3. The molecule has 0 aliphatic heterocycles. The third-order valence-electron chi connectivity index (χ3n) is 5.42. The van der Waals surface area contributed by atoms with Gasteiger partial charge in [-0.1, -0.05) is 78.4 Å². The fourth-order valence-corrected chi connectivity index (χ4v) is 4.03. The van der Waals surface area contributed by atoms with Crippen molar-refractivity contribution in [3.05, 3.63) is 106 Å². The number of benzene rings is 3. The van der Waals surface area contributed by atoms with Gasteiger partial charge in [0.1, 0.15) is 0 Å². The van der Waals surface area contributed by atoms with Gasteiger partial charge in [0, 0.05) is 5.56 Å². The molecule has 0 aromatic heterocycles. The van der Waals surface area contributed by atoms with E-state index in [1.54, 1.807) is 0 Å². The Morgan fingerprint density at radius 2 is 1.29 bits per heavy atom. The molecular formula is C26H26O2. The van der Waals surface area contributed by atoms with E-state index in [-0.39, 0.29) is 5.78 Å². The Balaban J connectivity index is 2.08. The largest absolute Gasteiger partial charge is 0.289 e. The maximum atomic E-state index is 13.6. The Hall–Kier alpha value is -3.00. The highest BCUT2D eigenvalue weighted by atomic mass is 16.2. The van der Waals surface area contributed by atoms with Gasteiger partial charge < -0.3 is 0 Å². The molecule has 0 aliphatic carbocycles. The lowest BCUT2D eigenvalue weighted by atomic mass is 9.71. The third-order valence-corrected chi connectivity index (χ3v) is 5.42. The predicted octanol–water partition coefficient (Wildman–Crippen LogP) is 5.56. The molecular weight excluding hydrogens is 344 g/mol. The summed E-state index contributed by atoms with van der Waals surface area (Å²) in [5.74, 6) is -0.769. The Bertz CT molecular complexity index is 980. The van der Waals surface area contributed by atoms with Crippen LogP contribution in [0.4, 0.5) is 0 Å². The topological polar surface area (TPSA) is 34.1 Å². The number of carbonyl (C=O) groups excluding carboxylic acids is 2. The summed E-state index contributed by atoms with van der Waals surface area (Å²) in [4.78, 5) is 27.0. The molecule has 0 saturated heterocycles. The van der Waals surface area contributed by atoms with Crippen LogP contribution in [0.15, 0.2) is 72.8 Å². The lowest BCUT2D eigenvalue weighted by molar-refractivity contribution is -0.119. The fourth-order valence-electron chi connectivity index (χ4n) is 4.03. The molecule has 0 fully saturated rings. The number of hydrogen-bond donors (Lipinski definition) is 0. The summed E-state index contributed by atoms with van der Waals surface area (Å²) in [6.07, 6.45) is 0.479. The summed E-state index contributed by atoms with van der Waals surface area (Å²) >= 11 is 0. The fraction of sp³-hybridized carbons (Fsp3) is 0.231. The molecule has 3 rings (SSSR count). The van der Waals surface area contributed by atoms with Crippen molar-refractivity contribution in [2.75, 3.05) is 0 Å². The monoisotopic (exact) mass is 370 g/mol. The molecule has 2 heteroatoms. The minimum atomic E-state index is -0.927. The molecule has 28 heavy (non-hydrogen) atoms. The van der Waals surface area contributed by atoms with E-state index in [1.165, 1.54) is 0 Å². The summed E-state index contributed by atoms with van der Waals surface area (Å²) in [6, 6.07) is 23.4. The minimum Gasteiger partial charge on any atom is -0.289 e. The molecule has 0 radical (unpaired) electrons.